The van der Waals surface area contributed by atoms with Crippen LogP contribution in [-0.2, 0) is 0 Å². The van der Waals surface area contributed by atoms with E-state index in [4.69, 9.17) is 28.9 Å². The Labute approximate surface area is 203 Å². The fourth-order valence-electron chi connectivity index (χ4n) is 3.92. The molecule has 170 valence electrons. The summed E-state index contributed by atoms with van der Waals surface area (Å²) in [7, 11) is 2.10. The van der Waals surface area contributed by atoms with E-state index in [1.54, 1.807) is 12.1 Å². The molecule has 9 heteroatoms. The van der Waals surface area contributed by atoms with Gasteiger partial charge in [0.25, 0.3) is 0 Å². The molecule has 33 heavy (non-hydrogen) atoms. The Morgan fingerprint density at radius 2 is 1.79 bits per heavy atom. The lowest BCUT2D eigenvalue weighted by Crippen LogP contribution is -2.45. The predicted octanol–water partition coefficient (Wildman–Crippen LogP) is 4.82. The number of aromatic nitrogens is 2. The van der Waals surface area contributed by atoms with Crippen molar-refractivity contribution in [2.75, 3.05) is 49.2 Å². The number of nitriles is 1. The minimum atomic E-state index is -0.504. The molecule has 0 saturated carbocycles. The second-order valence-electron chi connectivity index (χ2n) is 8.18. The molecule has 0 spiro atoms. The number of nitrogens with two attached hydrogens (primary N) is 1. The zero-order valence-corrected chi connectivity index (χ0v) is 20.0. The van der Waals surface area contributed by atoms with Gasteiger partial charge in [-0.05, 0) is 48.9 Å². The number of anilines is 4. The average molecular weight is 482 g/mol. The molecule has 0 radical (unpaired) electrons. The largest absolute Gasteiger partial charge is 0.393 e. The Morgan fingerprint density at radius 1 is 1.09 bits per heavy atom. The van der Waals surface area contributed by atoms with Crippen LogP contribution in [0.2, 0.25) is 10.0 Å². The van der Waals surface area contributed by atoms with Crippen LogP contribution in [0.1, 0.15) is 22.6 Å². The number of nitrogen functional groups attached to an aromatic ring is 1. The molecule has 1 saturated heterocycles. The van der Waals surface area contributed by atoms with E-state index in [9.17, 15) is 5.26 Å². The van der Waals surface area contributed by atoms with Crippen LogP contribution >= 0.6 is 23.2 Å². The number of benzene rings is 2. The number of nitrogens with one attached hydrogen (secondary N) is 1. The number of aryl methyl sites for hydroxylation is 1. The quantitative estimate of drug-likeness (QED) is 0.538. The van der Waals surface area contributed by atoms with Gasteiger partial charge in [-0.2, -0.15) is 5.26 Å². The first-order chi connectivity index (χ1) is 15.9. The smallest absolute Gasteiger partial charge is 0.159 e. The van der Waals surface area contributed by atoms with Gasteiger partial charge in [-0.1, -0.05) is 41.4 Å². The summed E-state index contributed by atoms with van der Waals surface area (Å²) in [6.45, 7) is 5.58. The van der Waals surface area contributed by atoms with Gasteiger partial charge in [0.05, 0.1) is 12.0 Å². The van der Waals surface area contributed by atoms with Crippen LogP contribution in [0.3, 0.4) is 0 Å². The third kappa shape index (κ3) is 4.98. The lowest BCUT2D eigenvalue weighted by Gasteiger charge is -2.33. The Hall–Kier alpha value is -3.05. The average Bonchev–Trinajstić information content (AvgIpc) is 2.80. The van der Waals surface area contributed by atoms with Crippen molar-refractivity contribution in [3.8, 4) is 6.07 Å². The van der Waals surface area contributed by atoms with E-state index in [0.29, 0.717) is 21.6 Å². The highest BCUT2D eigenvalue weighted by Crippen LogP contribution is 2.36. The zero-order chi connectivity index (χ0) is 23.5. The SMILES string of the molecule is Cc1cc(C(C#N)c2ccc(Cl)cc2)c(Cl)cc1Nc1ncnc(N2CCN(C)CC2)c1N. The van der Waals surface area contributed by atoms with Gasteiger partial charge in [0, 0.05) is 41.9 Å². The highest BCUT2D eigenvalue weighted by atomic mass is 35.5. The van der Waals surface area contributed by atoms with Gasteiger partial charge < -0.3 is 20.9 Å². The molecule has 1 fully saturated rings. The van der Waals surface area contributed by atoms with Crippen LogP contribution in [0.25, 0.3) is 0 Å². The van der Waals surface area contributed by atoms with Crippen molar-refractivity contribution in [2.24, 2.45) is 0 Å². The lowest BCUT2D eigenvalue weighted by atomic mass is 9.91. The summed E-state index contributed by atoms with van der Waals surface area (Å²) in [5, 5.41) is 14.2. The van der Waals surface area contributed by atoms with Crippen LogP contribution < -0.4 is 16.0 Å². The van der Waals surface area contributed by atoms with Crippen LogP contribution in [0.15, 0.2) is 42.7 Å². The number of piperazine rings is 1. The number of halogens is 2. The first-order valence-electron chi connectivity index (χ1n) is 10.6. The highest BCUT2D eigenvalue weighted by molar-refractivity contribution is 6.32. The molecular formula is C24H25Cl2N7. The fourth-order valence-corrected chi connectivity index (χ4v) is 4.32. The summed E-state index contributed by atoms with van der Waals surface area (Å²) < 4.78 is 0. The molecule has 1 unspecified atom stereocenters. The minimum Gasteiger partial charge on any atom is -0.393 e. The second kappa shape index (κ2) is 9.84. The Balaban J connectivity index is 1.61. The molecule has 2 heterocycles. The Bertz CT molecular complexity index is 1180. The molecule has 1 aliphatic rings. The predicted molar refractivity (Wildman–Crippen MR) is 135 cm³/mol. The molecule has 0 bridgehead atoms. The second-order valence-corrected chi connectivity index (χ2v) is 9.02. The molecule has 1 aromatic heterocycles. The van der Waals surface area contributed by atoms with Gasteiger partial charge in [0.2, 0.25) is 0 Å². The van der Waals surface area contributed by atoms with Gasteiger partial charge in [-0.3, -0.25) is 0 Å². The molecule has 3 N–H and O–H groups in total. The van der Waals surface area contributed by atoms with E-state index in [0.717, 1.165) is 54.4 Å². The van der Waals surface area contributed by atoms with Gasteiger partial charge in [-0.15, -0.1) is 0 Å². The summed E-state index contributed by atoms with van der Waals surface area (Å²) in [6, 6.07) is 13.3. The van der Waals surface area contributed by atoms with Crippen molar-refractivity contribution in [1.29, 1.82) is 5.26 Å². The molecule has 1 aliphatic heterocycles. The molecule has 4 rings (SSSR count). The van der Waals surface area contributed by atoms with Crippen LogP contribution in [0.5, 0.6) is 0 Å². The van der Waals surface area contributed by atoms with Crippen LogP contribution in [-0.4, -0.2) is 48.1 Å². The van der Waals surface area contributed by atoms with Gasteiger partial charge >= 0.3 is 0 Å². The maximum atomic E-state index is 9.83. The molecule has 0 amide bonds. The number of hydrogen-bond donors (Lipinski definition) is 2. The highest BCUT2D eigenvalue weighted by Gasteiger charge is 2.21. The van der Waals surface area contributed by atoms with Crippen molar-refractivity contribution in [1.82, 2.24) is 14.9 Å². The van der Waals surface area contributed by atoms with Crippen molar-refractivity contribution in [3.05, 3.63) is 69.5 Å². The number of rotatable bonds is 5. The molecular weight excluding hydrogens is 457 g/mol. The zero-order valence-electron chi connectivity index (χ0n) is 18.5. The monoisotopic (exact) mass is 481 g/mol. The van der Waals surface area contributed by atoms with E-state index < -0.39 is 5.92 Å². The summed E-state index contributed by atoms with van der Waals surface area (Å²) in [5.41, 5.74) is 10.2. The number of nitrogens with zero attached hydrogens (tertiary/aromatic N) is 5. The lowest BCUT2D eigenvalue weighted by molar-refractivity contribution is 0.312. The summed E-state index contributed by atoms with van der Waals surface area (Å²) in [4.78, 5) is 13.2. The number of likely N-dealkylation sites (N-methyl/N-ethyl adjacent to an activating group) is 1. The van der Waals surface area contributed by atoms with E-state index >= 15 is 0 Å². The number of hydrogen-bond acceptors (Lipinski definition) is 7. The topological polar surface area (TPSA) is 94.1 Å². The first-order valence-corrected chi connectivity index (χ1v) is 11.4. The minimum absolute atomic E-state index is 0.483. The van der Waals surface area contributed by atoms with Gasteiger partial charge in [0.15, 0.2) is 11.6 Å². The molecule has 3 aromatic rings. The first kappa shape index (κ1) is 23.1. The summed E-state index contributed by atoms with van der Waals surface area (Å²) in [6.07, 6.45) is 1.52. The normalized spacial score (nSPS) is 15.2. The molecule has 7 nitrogen and oxygen atoms in total. The third-order valence-corrected chi connectivity index (χ3v) is 6.49. The molecule has 2 aromatic carbocycles. The molecule has 0 aliphatic carbocycles. The van der Waals surface area contributed by atoms with Gasteiger partial charge in [0.1, 0.15) is 12.0 Å². The summed E-state index contributed by atoms with van der Waals surface area (Å²) in [5.74, 6) is 0.754. The van der Waals surface area contributed by atoms with E-state index in [-0.39, 0.29) is 0 Å². The standard InChI is InChI=1S/C24H25Cl2N7/c1-15-11-18(19(13-27)16-3-5-17(25)6-4-16)20(26)12-21(15)31-23-22(28)24(30-14-29-23)33-9-7-32(2)8-10-33/h3-6,11-12,14,19H,7-10,28H2,1-2H3,(H,29,30,31). The maximum Gasteiger partial charge on any atom is 0.159 e. The van der Waals surface area contributed by atoms with Crippen LogP contribution in [0.4, 0.5) is 23.0 Å². The van der Waals surface area contributed by atoms with Crippen molar-refractivity contribution >= 4 is 46.2 Å². The Morgan fingerprint density at radius 3 is 2.45 bits per heavy atom. The maximum absolute atomic E-state index is 9.83. The summed E-state index contributed by atoms with van der Waals surface area (Å²) >= 11 is 12.6. The Kier molecular flexibility index (Phi) is 6.89. The van der Waals surface area contributed by atoms with E-state index in [1.165, 1.54) is 6.33 Å². The van der Waals surface area contributed by atoms with Crippen molar-refractivity contribution < 1.29 is 0 Å². The van der Waals surface area contributed by atoms with Gasteiger partial charge in [-0.25, -0.2) is 9.97 Å². The fraction of sp³-hybridized carbons (Fsp3) is 0.292. The van der Waals surface area contributed by atoms with Crippen molar-refractivity contribution in [3.63, 3.8) is 0 Å². The third-order valence-electron chi connectivity index (χ3n) is 5.91. The van der Waals surface area contributed by atoms with Crippen LogP contribution in [0, 0.1) is 18.3 Å². The van der Waals surface area contributed by atoms with Crippen molar-refractivity contribution in [2.45, 2.75) is 12.8 Å². The van der Waals surface area contributed by atoms with E-state index in [2.05, 4.69) is 38.2 Å². The van der Waals surface area contributed by atoms with E-state index in [1.807, 2.05) is 31.2 Å². The molecule has 1 atom stereocenters.